The number of benzene rings is 2. The van der Waals surface area contributed by atoms with Crippen LogP contribution in [0.2, 0.25) is 0 Å². The number of rotatable bonds is 10. The first kappa shape index (κ1) is 27.0. The molecule has 0 radical (unpaired) electrons. The van der Waals surface area contributed by atoms with Crippen molar-refractivity contribution in [2.24, 2.45) is 0 Å². The average molecular weight is 639 g/mol. The summed E-state index contributed by atoms with van der Waals surface area (Å²) in [6.07, 6.45) is -0.954. The molecule has 194 valence electrons. The largest absolute Gasteiger partial charge is 0.491 e. The summed E-state index contributed by atoms with van der Waals surface area (Å²) in [4.78, 5) is 41.3. The summed E-state index contributed by atoms with van der Waals surface area (Å²) >= 11 is 3.33. The summed E-state index contributed by atoms with van der Waals surface area (Å²) < 4.78 is 20.4. The predicted octanol–water partition coefficient (Wildman–Crippen LogP) is 3.07. The number of amides is 4. The van der Waals surface area contributed by atoms with E-state index in [1.165, 1.54) is 23.5 Å². The number of carbonyl (C=O) groups excluding carboxylic acids is 3. The Morgan fingerprint density at radius 1 is 1.22 bits per heavy atom. The quantitative estimate of drug-likeness (QED) is 0.200. The number of thiophene rings is 1. The molecule has 3 aromatic rings. The monoisotopic (exact) mass is 639 g/mol. The molecule has 0 spiro atoms. The number of imide groups is 1. The van der Waals surface area contributed by atoms with E-state index in [4.69, 9.17) is 9.84 Å². The smallest absolute Gasteiger partial charge is 0.325 e. The van der Waals surface area contributed by atoms with Gasteiger partial charge in [-0.3, -0.25) is 9.59 Å². The van der Waals surface area contributed by atoms with Crippen molar-refractivity contribution in [3.8, 4) is 5.75 Å². The lowest BCUT2D eigenvalue weighted by atomic mass is 10.1. The van der Waals surface area contributed by atoms with Gasteiger partial charge in [-0.15, -0.1) is 11.3 Å². The van der Waals surface area contributed by atoms with Gasteiger partial charge in [-0.1, -0.05) is 18.2 Å². The number of hydrogen-bond donors (Lipinski definition) is 4. The van der Waals surface area contributed by atoms with Crippen molar-refractivity contribution in [2.75, 3.05) is 18.5 Å². The van der Waals surface area contributed by atoms with Crippen LogP contribution in [0.3, 0.4) is 0 Å². The minimum Gasteiger partial charge on any atom is -0.491 e. The van der Waals surface area contributed by atoms with Crippen molar-refractivity contribution in [1.29, 1.82) is 0 Å². The summed E-state index contributed by atoms with van der Waals surface area (Å²) in [5.74, 6) is -1.53. The molecule has 0 saturated carbocycles. The SMILES string of the molecule is O=C(Nc1ccc(I)cc1F)C(Cc1cccs1)N1C(=O)NC(c2ccc(OCC(O)CO)cc2)C1=O. The maximum absolute atomic E-state index is 14.4. The van der Waals surface area contributed by atoms with Gasteiger partial charge in [-0.05, 0) is 69.9 Å². The Hall–Kier alpha value is -3.07. The van der Waals surface area contributed by atoms with E-state index in [0.29, 0.717) is 14.9 Å². The number of urea groups is 1. The summed E-state index contributed by atoms with van der Waals surface area (Å²) in [6.45, 7) is -0.545. The lowest BCUT2D eigenvalue weighted by Crippen LogP contribution is -2.49. The molecule has 1 aliphatic rings. The third-order valence-electron chi connectivity index (χ3n) is 5.62. The minimum atomic E-state index is -1.21. The van der Waals surface area contributed by atoms with Crippen LogP contribution in [0, 0.1) is 9.39 Å². The van der Waals surface area contributed by atoms with Crippen LogP contribution in [0.5, 0.6) is 5.75 Å². The molecule has 1 aliphatic heterocycles. The van der Waals surface area contributed by atoms with E-state index in [9.17, 15) is 23.9 Å². The number of nitrogens with one attached hydrogen (secondary N) is 2. The molecular weight excluding hydrogens is 616 g/mol. The van der Waals surface area contributed by atoms with Crippen LogP contribution in [0.1, 0.15) is 16.5 Å². The van der Waals surface area contributed by atoms with E-state index in [1.54, 1.807) is 42.5 Å². The number of ether oxygens (including phenoxy) is 1. The second kappa shape index (κ2) is 12.0. The third kappa shape index (κ3) is 6.44. The molecule has 1 saturated heterocycles. The van der Waals surface area contributed by atoms with Crippen LogP contribution in [0.25, 0.3) is 0 Å². The molecule has 4 rings (SSSR count). The highest BCUT2D eigenvalue weighted by molar-refractivity contribution is 14.1. The Labute approximate surface area is 229 Å². The highest BCUT2D eigenvalue weighted by Crippen LogP contribution is 2.28. The van der Waals surface area contributed by atoms with Crippen molar-refractivity contribution in [3.63, 3.8) is 0 Å². The minimum absolute atomic E-state index is 0.0490. The van der Waals surface area contributed by atoms with Crippen LogP contribution < -0.4 is 15.4 Å². The molecule has 2 heterocycles. The van der Waals surface area contributed by atoms with Crippen molar-refractivity contribution in [3.05, 3.63) is 79.8 Å². The molecule has 4 N–H and O–H groups in total. The molecule has 12 heteroatoms. The number of carbonyl (C=O) groups is 3. The fourth-order valence-electron chi connectivity index (χ4n) is 3.74. The fraction of sp³-hybridized carbons (Fsp3) is 0.240. The van der Waals surface area contributed by atoms with E-state index in [-0.39, 0.29) is 18.7 Å². The number of aliphatic hydroxyl groups is 2. The number of aliphatic hydroxyl groups excluding tert-OH is 2. The van der Waals surface area contributed by atoms with Crippen molar-refractivity contribution in [1.82, 2.24) is 10.2 Å². The second-order valence-electron chi connectivity index (χ2n) is 8.22. The molecule has 3 unspecified atom stereocenters. The van der Waals surface area contributed by atoms with Gasteiger partial charge in [0.1, 0.15) is 36.4 Å². The van der Waals surface area contributed by atoms with E-state index in [1.807, 2.05) is 28.0 Å². The lowest BCUT2D eigenvalue weighted by Gasteiger charge is -2.24. The van der Waals surface area contributed by atoms with Crippen molar-refractivity contribution >= 4 is 57.5 Å². The maximum Gasteiger partial charge on any atom is 0.325 e. The lowest BCUT2D eigenvalue weighted by molar-refractivity contribution is -0.134. The maximum atomic E-state index is 14.4. The Bertz CT molecular complexity index is 1270. The van der Waals surface area contributed by atoms with Gasteiger partial charge in [-0.2, -0.15) is 0 Å². The molecule has 1 aromatic heterocycles. The van der Waals surface area contributed by atoms with E-state index in [2.05, 4.69) is 10.6 Å². The van der Waals surface area contributed by atoms with E-state index >= 15 is 0 Å². The van der Waals surface area contributed by atoms with Crippen LogP contribution in [-0.2, 0) is 16.0 Å². The van der Waals surface area contributed by atoms with E-state index in [0.717, 1.165) is 9.78 Å². The Morgan fingerprint density at radius 3 is 2.62 bits per heavy atom. The predicted molar refractivity (Wildman–Crippen MR) is 143 cm³/mol. The van der Waals surface area contributed by atoms with E-state index < -0.39 is 48.5 Å². The number of anilines is 1. The third-order valence-corrected chi connectivity index (χ3v) is 7.19. The van der Waals surface area contributed by atoms with Gasteiger partial charge >= 0.3 is 6.03 Å². The van der Waals surface area contributed by atoms with Crippen LogP contribution in [0.15, 0.2) is 60.0 Å². The summed E-state index contributed by atoms with van der Waals surface area (Å²) in [5, 5.41) is 25.3. The van der Waals surface area contributed by atoms with Gasteiger partial charge in [-0.25, -0.2) is 14.1 Å². The average Bonchev–Trinajstić information content (AvgIpc) is 3.50. The first-order valence-electron chi connectivity index (χ1n) is 11.2. The Morgan fingerprint density at radius 2 is 1.97 bits per heavy atom. The van der Waals surface area contributed by atoms with Gasteiger partial charge in [0.25, 0.3) is 5.91 Å². The van der Waals surface area contributed by atoms with Gasteiger partial charge < -0.3 is 25.6 Å². The topological polar surface area (TPSA) is 128 Å². The van der Waals surface area contributed by atoms with Gasteiger partial charge in [0.05, 0.1) is 12.3 Å². The molecule has 0 aliphatic carbocycles. The van der Waals surface area contributed by atoms with Crippen LogP contribution in [0.4, 0.5) is 14.9 Å². The highest BCUT2D eigenvalue weighted by atomic mass is 127. The van der Waals surface area contributed by atoms with Crippen LogP contribution >= 0.6 is 33.9 Å². The zero-order valence-corrected chi connectivity index (χ0v) is 22.2. The number of nitrogens with zero attached hydrogens (tertiary/aromatic N) is 1. The molecule has 1 fully saturated rings. The zero-order valence-electron chi connectivity index (χ0n) is 19.3. The first-order valence-corrected chi connectivity index (χ1v) is 13.2. The first-order chi connectivity index (χ1) is 17.8. The molecule has 3 atom stereocenters. The second-order valence-corrected chi connectivity index (χ2v) is 10.5. The highest BCUT2D eigenvalue weighted by Gasteiger charge is 2.45. The molecule has 4 amide bonds. The zero-order chi connectivity index (χ0) is 26.5. The summed E-state index contributed by atoms with van der Waals surface area (Å²) in [5.41, 5.74) is 0.418. The summed E-state index contributed by atoms with van der Waals surface area (Å²) in [7, 11) is 0. The van der Waals surface area contributed by atoms with Crippen LogP contribution in [-0.4, -0.2) is 58.3 Å². The Kier molecular flexibility index (Phi) is 8.74. The standard InChI is InChI=1S/C25H23FIN3O6S/c26-19-10-15(27)5-8-20(19)28-23(33)21(11-18-2-1-9-37-18)30-24(34)22(29-25(30)35)14-3-6-17(7-4-14)36-13-16(32)12-31/h1-10,16,21-22,31-32H,11-13H2,(H,28,33)(H,29,35). The normalized spacial score (nSPS) is 16.9. The molecule has 0 bridgehead atoms. The number of halogens is 2. The van der Waals surface area contributed by atoms with Crippen molar-refractivity contribution < 1.29 is 33.7 Å². The molecule has 37 heavy (non-hydrogen) atoms. The fourth-order valence-corrected chi connectivity index (χ4v) is 4.94. The van der Waals surface area contributed by atoms with Crippen molar-refractivity contribution in [2.45, 2.75) is 24.6 Å². The summed E-state index contributed by atoms with van der Waals surface area (Å²) in [6, 6.07) is 11.2. The van der Waals surface area contributed by atoms with Gasteiger partial charge in [0.15, 0.2) is 0 Å². The Balaban J connectivity index is 1.54. The molecule has 9 nitrogen and oxygen atoms in total. The van der Waals surface area contributed by atoms with Gasteiger partial charge in [0, 0.05) is 14.9 Å². The number of hydrogen-bond acceptors (Lipinski definition) is 7. The van der Waals surface area contributed by atoms with Gasteiger partial charge in [0.2, 0.25) is 5.91 Å². The molecule has 2 aromatic carbocycles. The molecular formula is C25H23FIN3O6S.